The number of nitrogens with zero attached hydrogens (tertiary/aromatic N) is 3. The average molecular weight is 395 g/mol. The van der Waals surface area contributed by atoms with Crippen LogP contribution in [0.4, 0.5) is 14.5 Å². The Morgan fingerprint density at radius 1 is 1.21 bits per heavy atom. The van der Waals surface area contributed by atoms with Gasteiger partial charge in [0.2, 0.25) is 0 Å². The molecule has 5 nitrogen and oxygen atoms in total. The Morgan fingerprint density at radius 3 is 2.61 bits per heavy atom. The first-order valence-electron chi connectivity index (χ1n) is 7.92. The Hall–Kier alpha value is -3.70. The number of aromatic nitrogens is 1. The molecule has 0 unspecified atom stereocenters. The van der Waals surface area contributed by atoms with Gasteiger partial charge in [0.1, 0.15) is 22.7 Å². The maximum Gasteiger partial charge on any atom is 0.269 e. The maximum absolute atomic E-state index is 13.9. The first-order valence-corrected chi connectivity index (χ1v) is 8.80. The van der Waals surface area contributed by atoms with Crippen LogP contribution in [0.5, 0.6) is 0 Å². The van der Waals surface area contributed by atoms with E-state index >= 15 is 0 Å². The number of halogens is 2. The zero-order valence-electron chi connectivity index (χ0n) is 14.2. The van der Waals surface area contributed by atoms with Crippen molar-refractivity contribution in [1.82, 2.24) is 4.98 Å². The lowest BCUT2D eigenvalue weighted by Gasteiger charge is -1.98. The molecule has 0 saturated carbocycles. The topological polar surface area (TPSA) is 79.8 Å². The molecular weight excluding hydrogens is 384 g/mol. The number of nitro groups is 1. The van der Waals surface area contributed by atoms with Gasteiger partial charge in [-0.2, -0.15) is 5.26 Å². The van der Waals surface area contributed by atoms with Crippen molar-refractivity contribution in [3.8, 4) is 17.3 Å². The van der Waals surface area contributed by atoms with Crippen LogP contribution in [0.25, 0.3) is 22.9 Å². The number of allylic oxidation sites excluding steroid dienone is 3. The molecule has 0 fully saturated rings. The summed E-state index contributed by atoms with van der Waals surface area (Å²) >= 11 is 1.17. The summed E-state index contributed by atoms with van der Waals surface area (Å²) in [6.07, 6.45) is 4.86. The average Bonchev–Trinajstić information content (AvgIpc) is 3.15. The summed E-state index contributed by atoms with van der Waals surface area (Å²) in [6, 6.07) is 11.2. The highest BCUT2D eigenvalue weighted by atomic mass is 32.1. The Kier molecular flexibility index (Phi) is 5.67. The number of hydrogen-bond acceptors (Lipinski definition) is 5. The molecule has 138 valence electrons. The Bertz CT molecular complexity index is 1130. The normalized spacial score (nSPS) is 11.5. The second kappa shape index (κ2) is 8.33. The van der Waals surface area contributed by atoms with Crippen molar-refractivity contribution in [1.29, 1.82) is 5.26 Å². The molecule has 3 rings (SSSR count). The molecule has 0 saturated heterocycles. The standard InChI is InChI=1S/C20H11F2N3O2S/c21-15-6-9-17(18(22)10-15)19-12-28-20(24-19)14(11-23)3-1-2-13-4-7-16(8-5-13)25(26)27/h1-10,12H. The van der Waals surface area contributed by atoms with Crippen molar-refractivity contribution in [3.63, 3.8) is 0 Å². The zero-order chi connectivity index (χ0) is 20.1. The lowest BCUT2D eigenvalue weighted by molar-refractivity contribution is -0.384. The van der Waals surface area contributed by atoms with E-state index in [9.17, 15) is 24.2 Å². The molecule has 28 heavy (non-hydrogen) atoms. The SMILES string of the molecule is N#CC(=CC=Cc1ccc([N+](=O)[O-])cc1)c1nc(-c2ccc(F)cc2F)cs1. The predicted octanol–water partition coefficient (Wildman–Crippen LogP) is 5.62. The number of nitriles is 1. The summed E-state index contributed by atoms with van der Waals surface area (Å²) in [6.45, 7) is 0. The smallest absolute Gasteiger partial charge is 0.258 e. The minimum atomic E-state index is -0.725. The Balaban J connectivity index is 1.81. The molecular formula is C20H11F2N3O2S. The van der Waals surface area contributed by atoms with Crippen molar-refractivity contribution in [2.24, 2.45) is 0 Å². The molecule has 0 aliphatic heterocycles. The van der Waals surface area contributed by atoms with E-state index in [1.165, 1.54) is 29.5 Å². The van der Waals surface area contributed by atoms with E-state index in [1.54, 1.807) is 35.7 Å². The number of hydrogen-bond donors (Lipinski definition) is 0. The molecule has 0 bridgehead atoms. The van der Waals surface area contributed by atoms with Crippen LogP contribution in [0.1, 0.15) is 10.6 Å². The molecule has 0 atom stereocenters. The lowest BCUT2D eigenvalue weighted by Crippen LogP contribution is -1.87. The highest BCUT2D eigenvalue weighted by molar-refractivity contribution is 7.11. The summed E-state index contributed by atoms with van der Waals surface area (Å²) in [5.74, 6) is -1.40. The van der Waals surface area contributed by atoms with Crippen molar-refractivity contribution in [2.75, 3.05) is 0 Å². The summed E-state index contributed by atoms with van der Waals surface area (Å²) in [4.78, 5) is 14.4. The molecule has 1 aromatic heterocycles. The number of nitro benzene ring substituents is 1. The van der Waals surface area contributed by atoms with Crippen LogP contribution in [0.3, 0.4) is 0 Å². The highest BCUT2D eigenvalue weighted by Crippen LogP contribution is 2.28. The third-order valence-corrected chi connectivity index (χ3v) is 4.59. The van der Waals surface area contributed by atoms with Gasteiger partial charge >= 0.3 is 0 Å². The number of rotatable bonds is 5. The number of benzene rings is 2. The second-order valence-corrected chi connectivity index (χ2v) is 6.42. The minimum absolute atomic E-state index is 0.00579. The van der Waals surface area contributed by atoms with E-state index in [1.807, 2.05) is 6.07 Å². The summed E-state index contributed by atoms with van der Waals surface area (Å²) in [5.41, 5.74) is 1.47. The molecule has 2 aromatic carbocycles. The van der Waals surface area contributed by atoms with Crippen LogP contribution < -0.4 is 0 Å². The fraction of sp³-hybridized carbons (Fsp3) is 0. The largest absolute Gasteiger partial charge is 0.269 e. The van der Waals surface area contributed by atoms with Gasteiger partial charge in [0.05, 0.1) is 16.2 Å². The van der Waals surface area contributed by atoms with E-state index in [0.717, 1.165) is 17.7 Å². The van der Waals surface area contributed by atoms with Gasteiger partial charge < -0.3 is 0 Å². The van der Waals surface area contributed by atoms with E-state index in [-0.39, 0.29) is 16.8 Å². The molecule has 8 heteroatoms. The predicted molar refractivity (Wildman–Crippen MR) is 103 cm³/mol. The second-order valence-electron chi connectivity index (χ2n) is 5.56. The van der Waals surface area contributed by atoms with Crippen molar-refractivity contribution < 1.29 is 13.7 Å². The minimum Gasteiger partial charge on any atom is -0.258 e. The maximum atomic E-state index is 13.9. The molecule has 0 radical (unpaired) electrons. The summed E-state index contributed by atoms with van der Waals surface area (Å²) < 4.78 is 26.9. The number of non-ortho nitro benzene ring substituents is 1. The quantitative estimate of drug-likeness (QED) is 0.243. The Labute approximate surface area is 162 Å². The van der Waals surface area contributed by atoms with Crippen LogP contribution in [0.15, 0.2) is 60.0 Å². The van der Waals surface area contributed by atoms with Gasteiger partial charge in [-0.05, 0) is 35.9 Å². The van der Waals surface area contributed by atoms with Crippen LogP contribution in [-0.2, 0) is 0 Å². The van der Waals surface area contributed by atoms with Crippen LogP contribution >= 0.6 is 11.3 Å². The van der Waals surface area contributed by atoms with E-state index in [2.05, 4.69) is 4.98 Å². The zero-order valence-corrected chi connectivity index (χ0v) is 15.0. The number of thiazole rings is 1. The van der Waals surface area contributed by atoms with Gasteiger partial charge in [0.15, 0.2) is 0 Å². The van der Waals surface area contributed by atoms with Crippen LogP contribution in [0.2, 0.25) is 0 Å². The first kappa shape index (κ1) is 19.1. The molecule has 0 spiro atoms. The van der Waals surface area contributed by atoms with Crippen LogP contribution in [0, 0.1) is 33.1 Å². The van der Waals surface area contributed by atoms with Gasteiger partial charge in [0.25, 0.3) is 5.69 Å². The van der Waals surface area contributed by atoms with Gasteiger partial charge in [-0.25, -0.2) is 13.8 Å². The summed E-state index contributed by atoms with van der Waals surface area (Å²) in [5, 5.41) is 22.0. The van der Waals surface area contributed by atoms with Crippen LogP contribution in [-0.4, -0.2) is 9.91 Å². The van der Waals surface area contributed by atoms with E-state index in [0.29, 0.717) is 10.7 Å². The highest BCUT2D eigenvalue weighted by Gasteiger charge is 2.12. The molecule has 0 aliphatic carbocycles. The fourth-order valence-corrected chi connectivity index (χ4v) is 3.13. The molecule has 0 amide bonds. The molecule has 3 aromatic rings. The monoisotopic (exact) mass is 395 g/mol. The van der Waals surface area contributed by atoms with Crippen molar-refractivity contribution >= 4 is 28.7 Å². The molecule has 0 aliphatic rings. The third kappa shape index (κ3) is 4.34. The molecule has 0 N–H and O–H groups in total. The third-order valence-electron chi connectivity index (χ3n) is 3.72. The van der Waals surface area contributed by atoms with Crippen molar-refractivity contribution in [2.45, 2.75) is 0 Å². The van der Waals surface area contributed by atoms with Gasteiger partial charge in [-0.15, -0.1) is 11.3 Å². The Morgan fingerprint density at radius 2 is 1.96 bits per heavy atom. The van der Waals surface area contributed by atoms with Crippen molar-refractivity contribution in [3.05, 3.63) is 92.3 Å². The van der Waals surface area contributed by atoms with Gasteiger partial charge in [0, 0.05) is 29.1 Å². The van der Waals surface area contributed by atoms with Gasteiger partial charge in [-0.3, -0.25) is 10.1 Å². The molecule has 1 heterocycles. The first-order chi connectivity index (χ1) is 13.5. The fourth-order valence-electron chi connectivity index (χ4n) is 2.34. The van der Waals surface area contributed by atoms with E-state index in [4.69, 9.17) is 0 Å². The summed E-state index contributed by atoms with van der Waals surface area (Å²) in [7, 11) is 0. The van der Waals surface area contributed by atoms with E-state index < -0.39 is 16.6 Å². The van der Waals surface area contributed by atoms with Gasteiger partial charge in [-0.1, -0.05) is 12.2 Å². The lowest BCUT2D eigenvalue weighted by atomic mass is 10.1.